The molecule has 0 aliphatic carbocycles. The zero-order chi connectivity index (χ0) is 18.7. The van der Waals surface area contributed by atoms with Crippen LogP contribution in [0.15, 0.2) is 27.0 Å². The molecule has 2 aliphatic rings. The number of amidine groups is 1. The number of amides is 1. The van der Waals surface area contributed by atoms with E-state index in [4.69, 9.17) is 4.74 Å². The van der Waals surface area contributed by atoms with Crippen LogP contribution in [0.5, 0.6) is 5.75 Å². The van der Waals surface area contributed by atoms with Gasteiger partial charge in [-0.1, -0.05) is 6.07 Å². The summed E-state index contributed by atoms with van der Waals surface area (Å²) in [5.41, 5.74) is 0.339. The molecule has 1 saturated heterocycles. The summed E-state index contributed by atoms with van der Waals surface area (Å²) in [6.45, 7) is 2.50. The van der Waals surface area contributed by atoms with Crippen LogP contribution in [-0.4, -0.2) is 62.8 Å². The molecule has 2 aliphatic heterocycles. The highest BCUT2D eigenvalue weighted by Crippen LogP contribution is 2.31. The quantitative estimate of drug-likeness (QED) is 0.665. The number of aliphatic hydroxyl groups excluding tert-OH is 1. The molecule has 1 unspecified atom stereocenters. The van der Waals surface area contributed by atoms with Gasteiger partial charge in [0.2, 0.25) is 5.84 Å². The number of aromatic hydroxyl groups is 1. The molecule has 1 aromatic rings. The van der Waals surface area contributed by atoms with Crippen LogP contribution in [-0.2, 0) is 15.9 Å². The Balaban J connectivity index is 1.84. The molecule has 1 aromatic carbocycles. The number of phenols is 1. The molecular weight excluding hydrogens is 360 g/mol. The Morgan fingerprint density at radius 1 is 1.46 bits per heavy atom. The van der Waals surface area contributed by atoms with Crippen LogP contribution in [0.4, 0.5) is 5.69 Å². The number of likely N-dealkylation sites (tertiary alicyclic amines) is 1. The van der Waals surface area contributed by atoms with E-state index in [2.05, 4.69) is 14.1 Å². The van der Waals surface area contributed by atoms with Crippen molar-refractivity contribution >= 4 is 34.5 Å². The van der Waals surface area contributed by atoms with Crippen molar-refractivity contribution in [1.82, 2.24) is 4.90 Å². The van der Waals surface area contributed by atoms with Gasteiger partial charge in [-0.3, -0.25) is 4.79 Å². The molecule has 3 rings (SSSR count). The first-order chi connectivity index (χ1) is 12.5. The molecule has 0 aromatic heterocycles. The standard InChI is InChI=1S/C16H20N4O5S/c1-2-25-15-14(18-26(24)19-15)17-12-7-3-6-11(13(12)22)16(23)20-8-4-5-10(20)9-21/h3,6-7,10,21-22H,2,4-5,8-9H2,1H3,(H,17,18)/t10-,26?/m0/s1. The number of hydrogen-bond donors (Lipinski definition) is 3. The summed E-state index contributed by atoms with van der Waals surface area (Å²) in [4.78, 5) is 14.3. The highest BCUT2D eigenvalue weighted by molar-refractivity contribution is 7.83. The van der Waals surface area contributed by atoms with Gasteiger partial charge >= 0.3 is 0 Å². The van der Waals surface area contributed by atoms with Gasteiger partial charge < -0.3 is 25.2 Å². The summed E-state index contributed by atoms with van der Waals surface area (Å²) < 4.78 is 24.3. The maximum absolute atomic E-state index is 12.7. The van der Waals surface area contributed by atoms with Crippen molar-refractivity contribution in [2.45, 2.75) is 25.8 Å². The second kappa shape index (κ2) is 7.83. The predicted molar refractivity (Wildman–Crippen MR) is 97.5 cm³/mol. The molecule has 26 heavy (non-hydrogen) atoms. The third kappa shape index (κ3) is 3.56. The first kappa shape index (κ1) is 18.3. The van der Waals surface area contributed by atoms with Crippen LogP contribution in [0.2, 0.25) is 0 Å². The molecule has 140 valence electrons. The van der Waals surface area contributed by atoms with Crippen molar-refractivity contribution in [3.05, 3.63) is 23.8 Å². The Labute approximate surface area is 153 Å². The monoisotopic (exact) mass is 380 g/mol. The number of phenolic OH excluding ortho intramolecular Hbond substituents is 1. The number of nitrogens with zero attached hydrogens (tertiary/aromatic N) is 3. The van der Waals surface area contributed by atoms with Crippen molar-refractivity contribution in [2.75, 3.05) is 25.1 Å². The Morgan fingerprint density at radius 3 is 3.00 bits per heavy atom. The number of rotatable bonds is 4. The van der Waals surface area contributed by atoms with E-state index in [9.17, 15) is 19.2 Å². The second-order valence-electron chi connectivity index (χ2n) is 5.80. The minimum absolute atomic E-state index is 0.0850. The molecule has 0 spiro atoms. The maximum atomic E-state index is 12.7. The van der Waals surface area contributed by atoms with Crippen molar-refractivity contribution in [3.63, 3.8) is 0 Å². The smallest absolute Gasteiger partial charge is 0.271 e. The Kier molecular flexibility index (Phi) is 5.52. The first-order valence-corrected chi connectivity index (χ1v) is 9.35. The normalized spacial score (nSPS) is 22.2. The Hall–Kier alpha value is -2.46. The molecule has 2 heterocycles. The lowest BCUT2D eigenvalue weighted by atomic mass is 10.1. The second-order valence-corrected chi connectivity index (χ2v) is 6.63. The Morgan fingerprint density at radius 2 is 2.27 bits per heavy atom. The third-order valence-corrected chi connectivity index (χ3v) is 4.84. The van der Waals surface area contributed by atoms with E-state index in [-0.39, 0.29) is 47.3 Å². The minimum Gasteiger partial charge on any atom is -0.505 e. The maximum Gasteiger partial charge on any atom is 0.271 e. The van der Waals surface area contributed by atoms with Crippen LogP contribution in [0, 0.1) is 0 Å². The van der Waals surface area contributed by atoms with E-state index < -0.39 is 11.2 Å². The number of benzene rings is 1. The number of carbonyl (C=O) groups excluding carboxylic acids is 1. The van der Waals surface area contributed by atoms with Gasteiger partial charge in [0.1, 0.15) is 0 Å². The lowest BCUT2D eigenvalue weighted by Crippen LogP contribution is -2.37. The molecule has 0 bridgehead atoms. The molecule has 1 fully saturated rings. The topological polar surface area (TPSA) is 124 Å². The van der Waals surface area contributed by atoms with Crippen molar-refractivity contribution in [3.8, 4) is 5.75 Å². The molecule has 0 saturated carbocycles. The number of nitrogens with one attached hydrogen (secondary N) is 1. The first-order valence-electron chi connectivity index (χ1n) is 8.28. The average molecular weight is 380 g/mol. The van der Waals surface area contributed by atoms with Crippen LogP contribution in [0.1, 0.15) is 30.1 Å². The highest BCUT2D eigenvalue weighted by Gasteiger charge is 2.31. The molecular formula is C16H20N4O5S. The summed E-state index contributed by atoms with van der Waals surface area (Å²) in [7, 11) is 0. The van der Waals surface area contributed by atoms with Crippen LogP contribution >= 0.6 is 0 Å². The molecule has 2 atom stereocenters. The van der Waals surface area contributed by atoms with E-state index in [1.807, 2.05) is 0 Å². The predicted octanol–water partition coefficient (Wildman–Crippen LogP) is 0.827. The van der Waals surface area contributed by atoms with Crippen molar-refractivity contribution < 1.29 is 24.0 Å². The van der Waals surface area contributed by atoms with Gasteiger partial charge in [-0.25, -0.2) is 4.21 Å². The summed E-state index contributed by atoms with van der Waals surface area (Å²) in [6, 6.07) is 4.45. The zero-order valence-electron chi connectivity index (χ0n) is 14.2. The number of aliphatic hydroxyl groups is 1. The number of hydrogen-bond acceptors (Lipinski definition) is 6. The molecule has 10 heteroatoms. The van der Waals surface area contributed by atoms with Gasteiger partial charge in [0, 0.05) is 6.54 Å². The average Bonchev–Trinajstić information content (AvgIpc) is 3.23. The van der Waals surface area contributed by atoms with Crippen LogP contribution in [0.25, 0.3) is 0 Å². The number of para-hydroxylation sites is 1. The largest absolute Gasteiger partial charge is 0.505 e. The summed E-state index contributed by atoms with van der Waals surface area (Å²) >= 11 is -1.78. The summed E-state index contributed by atoms with van der Waals surface area (Å²) in [5, 5.41) is 22.8. The number of ether oxygens (including phenoxy) is 1. The third-order valence-electron chi connectivity index (χ3n) is 4.18. The fourth-order valence-corrected chi connectivity index (χ4v) is 3.55. The molecule has 3 N–H and O–H groups in total. The molecule has 1 amide bonds. The van der Waals surface area contributed by atoms with Crippen molar-refractivity contribution in [1.29, 1.82) is 0 Å². The fraction of sp³-hybridized carbons (Fsp3) is 0.438. The van der Waals surface area contributed by atoms with Gasteiger partial charge in [-0.05, 0) is 31.9 Å². The van der Waals surface area contributed by atoms with Gasteiger partial charge in [-0.15, -0.1) is 8.80 Å². The lowest BCUT2D eigenvalue weighted by Gasteiger charge is -2.24. The van der Waals surface area contributed by atoms with E-state index in [0.29, 0.717) is 13.2 Å². The van der Waals surface area contributed by atoms with Crippen LogP contribution < -0.4 is 5.32 Å². The van der Waals surface area contributed by atoms with E-state index in [0.717, 1.165) is 12.8 Å². The number of anilines is 1. The summed E-state index contributed by atoms with van der Waals surface area (Å²) in [6.07, 6.45) is 1.55. The molecule has 0 radical (unpaired) electrons. The van der Waals surface area contributed by atoms with E-state index in [1.165, 1.54) is 6.07 Å². The zero-order valence-corrected chi connectivity index (χ0v) is 15.0. The lowest BCUT2D eigenvalue weighted by molar-refractivity contribution is 0.0674. The highest BCUT2D eigenvalue weighted by atomic mass is 32.2. The Bertz CT molecular complexity index is 795. The summed E-state index contributed by atoms with van der Waals surface area (Å²) in [5.74, 6) is -0.392. The fourth-order valence-electron chi connectivity index (χ4n) is 2.95. The van der Waals surface area contributed by atoms with Gasteiger partial charge in [0.15, 0.2) is 5.75 Å². The SMILES string of the molecule is CCOC1=NS(=O)N=C1Nc1cccc(C(=O)N2CCC[C@H]2CO)c1O. The van der Waals surface area contributed by atoms with Crippen molar-refractivity contribution in [2.24, 2.45) is 8.80 Å². The van der Waals surface area contributed by atoms with Gasteiger partial charge in [0.05, 0.1) is 30.5 Å². The van der Waals surface area contributed by atoms with Crippen LogP contribution in [0.3, 0.4) is 0 Å². The van der Waals surface area contributed by atoms with Gasteiger partial charge in [-0.2, -0.15) is 0 Å². The minimum atomic E-state index is -1.78. The van der Waals surface area contributed by atoms with E-state index in [1.54, 1.807) is 24.0 Å². The van der Waals surface area contributed by atoms with Gasteiger partial charge in [0.25, 0.3) is 23.0 Å². The number of carbonyl (C=O) groups is 1. The van der Waals surface area contributed by atoms with E-state index >= 15 is 0 Å². The molecule has 9 nitrogen and oxygen atoms in total.